The Morgan fingerprint density at radius 1 is 1.06 bits per heavy atom. The lowest BCUT2D eigenvalue weighted by Crippen LogP contribution is -2.11. The second kappa shape index (κ2) is 8.74. The Morgan fingerprint density at radius 2 is 1.75 bits per heavy atom. The van der Waals surface area contributed by atoms with Crippen molar-refractivity contribution in [3.63, 3.8) is 0 Å². The summed E-state index contributed by atoms with van der Waals surface area (Å²) < 4.78 is 21.5. The zero-order chi connectivity index (χ0) is 23.2. The summed E-state index contributed by atoms with van der Waals surface area (Å²) in [7, 11) is -1.43. The van der Waals surface area contributed by atoms with E-state index in [0.29, 0.717) is 37.9 Å². The van der Waals surface area contributed by atoms with Crippen LogP contribution in [0.3, 0.4) is 0 Å². The van der Waals surface area contributed by atoms with Crippen LogP contribution in [0, 0.1) is 0 Å². The van der Waals surface area contributed by atoms with Crippen LogP contribution in [0.5, 0.6) is 0 Å². The highest BCUT2D eigenvalue weighted by molar-refractivity contribution is 9.10. The molecule has 0 spiro atoms. The highest BCUT2D eigenvalue weighted by atomic mass is 79.9. The summed E-state index contributed by atoms with van der Waals surface area (Å²) in [5.41, 5.74) is 2.01. The molecule has 2 heterocycles. The van der Waals surface area contributed by atoms with Crippen molar-refractivity contribution in [2.24, 2.45) is 0 Å². The first-order valence-electron chi connectivity index (χ1n) is 9.58. The van der Waals surface area contributed by atoms with E-state index < -0.39 is 10.8 Å². The summed E-state index contributed by atoms with van der Waals surface area (Å²) in [5.74, 6) is 0.659. The molecule has 0 saturated heterocycles. The smallest absolute Gasteiger partial charge is 0.269 e. The average Bonchev–Trinajstić information content (AvgIpc) is 3.33. The predicted molar refractivity (Wildman–Crippen MR) is 131 cm³/mol. The highest BCUT2D eigenvalue weighted by Gasteiger charge is 2.30. The fourth-order valence-corrected chi connectivity index (χ4v) is 4.76. The maximum Gasteiger partial charge on any atom is 0.269 e. The Bertz CT molecular complexity index is 1330. The Morgan fingerprint density at radius 3 is 2.31 bits per heavy atom. The first kappa shape index (κ1) is 23.2. The molecule has 0 bridgehead atoms. The molecule has 32 heavy (non-hydrogen) atoms. The van der Waals surface area contributed by atoms with Crippen molar-refractivity contribution in [3.8, 4) is 28.5 Å². The van der Waals surface area contributed by atoms with Crippen LogP contribution in [-0.4, -0.2) is 30.4 Å². The van der Waals surface area contributed by atoms with Crippen molar-refractivity contribution in [3.05, 3.63) is 62.9 Å². The summed E-state index contributed by atoms with van der Waals surface area (Å²) in [6.07, 6.45) is 1.59. The van der Waals surface area contributed by atoms with Crippen LogP contribution in [0.15, 0.2) is 56.2 Å². The predicted octanol–water partition coefficient (Wildman–Crippen LogP) is 6.69. The molecule has 10 heteroatoms. The van der Waals surface area contributed by atoms with Gasteiger partial charge in [0.2, 0.25) is 5.89 Å². The minimum atomic E-state index is -1.43. The molecule has 0 amide bonds. The molecule has 1 atom stereocenters. The van der Waals surface area contributed by atoms with E-state index in [-0.39, 0.29) is 11.3 Å². The van der Waals surface area contributed by atoms with Crippen LogP contribution < -0.4 is 0 Å². The van der Waals surface area contributed by atoms with Gasteiger partial charge in [-0.3, -0.25) is 4.21 Å². The van der Waals surface area contributed by atoms with Gasteiger partial charge >= 0.3 is 0 Å². The van der Waals surface area contributed by atoms with Crippen molar-refractivity contribution >= 4 is 49.9 Å². The largest absolute Gasteiger partial charge is 0.419 e. The molecule has 2 aromatic heterocycles. The first-order chi connectivity index (χ1) is 15.1. The van der Waals surface area contributed by atoms with Gasteiger partial charge in [-0.1, -0.05) is 72.0 Å². The Hall–Kier alpha value is -2.00. The quantitative estimate of drug-likeness (QED) is 0.281. The second-order valence-electron chi connectivity index (χ2n) is 8.16. The lowest BCUT2D eigenvalue weighted by Gasteiger charge is -2.11. The molecule has 0 aliphatic rings. The summed E-state index contributed by atoms with van der Waals surface area (Å²) in [4.78, 5) is 0.474. The summed E-state index contributed by atoms with van der Waals surface area (Å²) >= 11 is 16.1. The van der Waals surface area contributed by atoms with E-state index in [4.69, 9.17) is 32.7 Å². The summed E-state index contributed by atoms with van der Waals surface area (Å²) in [6.45, 7) is 5.92. The van der Waals surface area contributed by atoms with Gasteiger partial charge in [0.1, 0.15) is 0 Å². The van der Waals surface area contributed by atoms with Crippen LogP contribution in [0.2, 0.25) is 10.0 Å². The number of benzene rings is 2. The highest BCUT2D eigenvalue weighted by Crippen LogP contribution is 2.38. The number of aromatic nitrogens is 4. The van der Waals surface area contributed by atoms with Crippen LogP contribution in [0.4, 0.5) is 0 Å². The Kier molecular flexibility index (Phi) is 6.33. The lowest BCUT2D eigenvalue weighted by molar-refractivity contribution is 0.398. The van der Waals surface area contributed by atoms with Crippen LogP contribution in [0.25, 0.3) is 28.5 Å². The van der Waals surface area contributed by atoms with E-state index in [2.05, 4.69) is 26.1 Å². The van der Waals surface area contributed by atoms with Gasteiger partial charge in [-0.2, -0.15) is 5.10 Å². The molecule has 4 rings (SSSR count). The van der Waals surface area contributed by atoms with E-state index in [1.54, 1.807) is 29.1 Å². The number of halogens is 3. The van der Waals surface area contributed by atoms with Gasteiger partial charge in [0.15, 0.2) is 5.69 Å². The summed E-state index contributed by atoms with van der Waals surface area (Å²) in [5, 5.41) is 14.0. The molecule has 4 aromatic rings. The van der Waals surface area contributed by atoms with Gasteiger partial charge in [0.05, 0.1) is 32.1 Å². The Labute approximate surface area is 206 Å². The van der Waals surface area contributed by atoms with Gasteiger partial charge in [-0.25, -0.2) is 4.68 Å². The molecule has 1 unspecified atom stereocenters. The number of nitrogens with zero attached hydrogens (tertiary/aromatic N) is 4. The molecular formula is C22H19BrCl2N4O2S. The van der Waals surface area contributed by atoms with Crippen molar-refractivity contribution < 1.29 is 8.63 Å². The van der Waals surface area contributed by atoms with E-state index >= 15 is 0 Å². The molecule has 0 aliphatic heterocycles. The zero-order valence-electron chi connectivity index (χ0n) is 17.7. The lowest BCUT2D eigenvalue weighted by atomic mass is 9.97. The second-order valence-corrected chi connectivity index (χ2v) is 11.2. The van der Waals surface area contributed by atoms with Crippen molar-refractivity contribution in [2.75, 3.05) is 6.26 Å². The molecule has 0 fully saturated rings. The van der Waals surface area contributed by atoms with Gasteiger partial charge in [-0.05, 0) is 30.3 Å². The number of hydrogen-bond acceptors (Lipinski definition) is 5. The van der Waals surface area contributed by atoms with Gasteiger partial charge in [-0.15, -0.1) is 10.2 Å². The number of rotatable bonds is 4. The molecule has 166 valence electrons. The maximum absolute atomic E-state index is 13.0. The van der Waals surface area contributed by atoms with Gasteiger partial charge in [0.25, 0.3) is 5.89 Å². The minimum absolute atomic E-state index is 0.197. The van der Waals surface area contributed by atoms with Crippen LogP contribution in [0.1, 0.15) is 26.7 Å². The normalized spacial score (nSPS) is 12.8. The summed E-state index contributed by atoms with van der Waals surface area (Å²) in [6, 6.07) is 12.8. The molecule has 6 nitrogen and oxygen atoms in total. The minimum Gasteiger partial charge on any atom is -0.419 e. The Balaban J connectivity index is 2.04. The van der Waals surface area contributed by atoms with Gasteiger partial charge in [0, 0.05) is 26.7 Å². The third kappa shape index (κ3) is 4.41. The van der Waals surface area contributed by atoms with Crippen molar-refractivity contribution in [1.82, 2.24) is 20.0 Å². The van der Waals surface area contributed by atoms with E-state index in [1.165, 1.54) is 0 Å². The maximum atomic E-state index is 13.0. The molecule has 0 saturated carbocycles. The number of hydrogen-bond donors (Lipinski definition) is 0. The van der Waals surface area contributed by atoms with E-state index in [0.717, 1.165) is 10.0 Å². The average molecular weight is 554 g/mol. The van der Waals surface area contributed by atoms with E-state index in [9.17, 15) is 4.21 Å². The standard InChI is InChI=1S/C22H19BrCl2N4O2S/c1-22(2,3)21-27-26-20(31-21)17-19(32(4)30)18(12-5-7-13(23)8-6-12)29(28-17)16-10-9-14(24)11-15(16)25/h5-11H,1-4H3. The third-order valence-corrected chi connectivity index (χ3v) is 6.68. The molecule has 2 aromatic carbocycles. The van der Waals surface area contributed by atoms with Gasteiger partial charge < -0.3 is 4.42 Å². The van der Waals surface area contributed by atoms with Crippen molar-refractivity contribution in [2.45, 2.75) is 31.1 Å². The molecular weight excluding hydrogens is 535 g/mol. The molecule has 0 radical (unpaired) electrons. The first-order valence-corrected chi connectivity index (χ1v) is 12.7. The van der Waals surface area contributed by atoms with E-state index in [1.807, 2.05) is 45.0 Å². The monoisotopic (exact) mass is 552 g/mol. The molecule has 0 N–H and O–H groups in total. The fraction of sp³-hybridized carbons (Fsp3) is 0.227. The van der Waals surface area contributed by atoms with Crippen LogP contribution in [-0.2, 0) is 16.2 Å². The SMILES string of the molecule is CS(=O)c1c(-c2nnc(C(C)(C)C)o2)nn(-c2ccc(Cl)cc2Cl)c1-c1ccc(Br)cc1. The fourth-order valence-electron chi connectivity index (χ4n) is 3.13. The zero-order valence-corrected chi connectivity index (χ0v) is 21.6. The molecule has 0 aliphatic carbocycles. The topological polar surface area (TPSA) is 73.8 Å². The van der Waals surface area contributed by atoms with Crippen LogP contribution >= 0.6 is 39.1 Å². The third-order valence-electron chi connectivity index (χ3n) is 4.65. The van der Waals surface area contributed by atoms with Crippen molar-refractivity contribution in [1.29, 1.82) is 0 Å².